The number of halogens is 1. The third-order valence-electron chi connectivity index (χ3n) is 3.73. The molecule has 0 fully saturated rings. The zero-order chi connectivity index (χ0) is 18.9. The zero-order valence-corrected chi connectivity index (χ0v) is 15.6. The summed E-state index contributed by atoms with van der Waals surface area (Å²) in [7, 11) is -2.67. The molecule has 6 nitrogen and oxygen atoms in total. The number of thiophene rings is 1. The van der Waals surface area contributed by atoms with Crippen molar-refractivity contribution in [2.75, 3.05) is 18.0 Å². The summed E-state index contributed by atoms with van der Waals surface area (Å²) in [6.45, 7) is 1.81. The van der Waals surface area contributed by atoms with Crippen LogP contribution in [0.25, 0.3) is 10.2 Å². The first-order valence-electron chi connectivity index (χ1n) is 7.64. The van der Waals surface area contributed by atoms with E-state index in [1.165, 1.54) is 36.7 Å². The molecule has 0 radical (unpaired) electrons. The van der Waals surface area contributed by atoms with Gasteiger partial charge in [0.25, 0.3) is 10.0 Å². The Labute approximate surface area is 153 Å². The predicted molar refractivity (Wildman–Crippen MR) is 97.6 cm³/mol. The van der Waals surface area contributed by atoms with Crippen molar-refractivity contribution in [1.29, 1.82) is 0 Å². The van der Waals surface area contributed by atoms with Crippen molar-refractivity contribution in [2.24, 2.45) is 0 Å². The van der Waals surface area contributed by atoms with Crippen LogP contribution >= 0.6 is 11.3 Å². The summed E-state index contributed by atoms with van der Waals surface area (Å²) in [4.78, 5) is 16.4. The van der Waals surface area contributed by atoms with Crippen molar-refractivity contribution in [1.82, 2.24) is 4.98 Å². The van der Waals surface area contributed by atoms with E-state index in [0.29, 0.717) is 10.2 Å². The van der Waals surface area contributed by atoms with E-state index in [4.69, 9.17) is 4.74 Å². The average molecular weight is 394 g/mol. The highest BCUT2D eigenvalue weighted by Gasteiger charge is 2.28. The van der Waals surface area contributed by atoms with Crippen LogP contribution in [0.2, 0.25) is 0 Å². The van der Waals surface area contributed by atoms with Gasteiger partial charge in [-0.25, -0.2) is 17.6 Å². The second-order valence-corrected chi connectivity index (χ2v) is 8.19. The lowest BCUT2D eigenvalue weighted by Gasteiger charge is -2.22. The number of hydrogen-bond acceptors (Lipinski definition) is 6. The molecule has 2 heterocycles. The lowest BCUT2D eigenvalue weighted by molar-refractivity contribution is 0.0527. The van der Waals surface area contributed by atoms with Gasteiger partial charge in [-0.05, 0) is 42.6 Å². The fourth-order valence-corrected chi connectivity index (χ4v) is 4.67. The van der Waals surface area contributed by atoms with Gasteiger partial charge in [0.1, 0.15) is 11.4 Å². The van der Waals surface area contributed by atoms with Crippen LogP contribution in [-0.2, 0) is 14.8 Å². The summed E-state index contributed by atoms with van der Waals surface area (Å²) in [5.74, 6) is -1.20. The standard InChI is InChI=1S/C17H15FN2O4S2/c1-3-24-17(21)13-10-19-14-8-9-25-16(14)15(13)20(2)26(22,23)12-6-4-11(18)5-7-12/h4-10H,3H2,1-2H3. The molecule has 0 saturated heterocycles. The molecule has 0 N–H and O–H groups in total. The number of sulfonamides is 1. The third kappa shape index (κ3) is 3.15. The number of fused-ring (bicyclic) bond motifs is 1. The molecule has 9 heteroatoms. The highest BCUT2D eigenvalue weighted by Crippen LogP contribution is 2.36. The minimum absolute atomic E-state index is 0.0509. The van der Waals surface area contributed by atoms with E-state index in [2.05, 4.69) is 4.98 Å². The second-order valence-electron chi connectivity index (χ2n) is 5.30. The van der Waals surface area contributed by atoms with Crippen molar-refractivity contribution in [3.05, 3.63) is 53.3 Å². The Morgan fingerprint density at radius 1 is 1.27 bits per heavy atom. The minimum atomic E-state index is -4.01. The zero-order valence-electron chi connectivity index (χ0n) is 14.0. The maximum atomic E-state index is 13.1. The molecule has 1 aromatic carbocycles. The highest BCUT2D eigenvalue weighted by atomic mass is 32.2. The molecule has 0 spiro atoms. The lowest BCUT2D eigenvalue weighted by atomic mass is 10.2. The van der Waals surface area contributed by atoms with Crippen LogP contribution in [0.15, 0.2) is 46.8 Å². The van der Waals surface area contributed by atoms with Crippen molar-refractivity contribution in [2.45, 2.75) is 11.8 Å². The first-order chi connectivity index (χ1) is 12.4. The SMILES string of the molecule is CCOC(=O)c1cnc2ccsc2c1N(C)S(=O)(=O)c1ccc(F)cc1. The van der Waals surface area contributed by atoms with Crippen LogP contribution in [0, 0.1) is 5.82 Å². The minimum Gasteiger partial charge on any atom is -0.462 e. The van der Waals surface area contributed by atoms with Crippen LogP contribution in [-0.4, -0.2) is 33.0 Å². The first-order valence-corrected chi connectivity index (χ1v) is 9.96. The molecule has 0 bridgehead atoms. The van der Waals surface area contributed by atoms with Crippen LogP contribution in [0.5, 0.6) is 0 Å². The van der Waals surface area contributed by atoms with Crippen LogP contribution in [0.1, 0.15) is 17.3 Å². The van der Waals surface area contributed by atoms with Gasteiger partial charge in [0.15, 0.2) is 0 Å². The van der Waals surface area contributed by atoms with Crippen molar-refractivity contribution >= 4 is 43.2 Å². The quantitative estimate of drug-likeness (QED) is 0.620. The summed E-state index contributed by atoms with van der Waals surface area (Å²) >= 11 is 1.27. The molecule has 26 heavy (non-hydrogen) atoms. The van der Waals surface area contributed by atoms with Gasteiger partial charge in [-0.2, -0.15) is 0 Å². The fraction of sp³-hybridized carbons (Fsp3) is 0.176. The summed E-state index contributed by atoms with van der Waals surface area (Å²) < 4.78 is 45.7. The van der Waals surface area contributed by atoms with Gasteiger partial charge in [0, 0.05) is 13.2 Å². The summed E-state index contributed by atoms with van der Waals surface area (Å²) in [6, 6.07) is 6.23. The third-order valence-corrected chi connectivity index (χ3v) is 6.41. The number of carbonyl (C=O) groups is 1. The second kappa shape index (κ2) is 7.00. The molecule has 0 aliphatic heterocycles. The summed E-state index contributed by atoms with van der Waals surface area (Å²) in [6.07, 6.45) is 1.30. The molecular formula is C17H15FN2O4S2. The number of carbonyl (C=O) groups excluding carboxylic acids is 1. The topological polar surface area (TPSA) is 76.6 Å². The largest absolute Gasteiger partial charge is 0.462 e. The van der Waals surface area contributed by atoms with Crippen LogP contribution in [0.4, 0.5) is 10.1 Å². The van der Waals surface area contributed by atoms with E-state index < -0.39 is 21.8 Å². The predicted octanol–water partition coefficient (Wildman–Crippen LogP) is 3.44. The van der Waals surface area contributed by atoms with Crippen molar-refractivity contribution in [3.63, 3.8) is 0 Å². The Bertz CT molecular complexity index is 1060. The Morgan fingerprint density at radius 3 is 2.62 bits per heavy atom. The van der Waals surface area contributed by atoms with Crippen molar-refractivity contribution < 1.29 is 22.3 Å². The lowest BCUT2D eigenvalue weighted by Crippen LogP contribution is -2.28. The molecule has 2 aromatic heterocycles. The van der Waals surface area contributed by atoms with E-state index in [0.717, 1.165) is 16.4 Å². The molecule has 0 saturated carbocycles. The van der Waals surface area contributed by atoms with E-state index in [-0.39, 0.29) is 22.8 Å². The number of nitrogens with zero attached hydrogens (tertiary/aromatic N) is 2. The van der Waals surface area contributed by atoms with Crippen LogP contribution in [0.3, 0.4) is 0 Å². The van der Waals surface area contributed by atoms with Gasteiger partial charge in [-0.15, -0.1) is 11.3 Å². The smallest absolute Gasteiger partial charge is 0.341 e. The normalized spacial score (nSPS) is 11.5. The number of aromatic nitrogens is 1. The molecule has 3 rings (SSSR count). The average Bonchev–Trinajstić information content (AvgIpc) is 3.09. The summed E-state index contributed by atoms with van der Waals surface area (Å²) in [5.41, 5.74) is 0.807. The first kappa shape index (κ1) is 18.3. The van der Waals surface area contributed by atoms with Crippen LogP contribution < -0.4 is 4.31 Å². The number of anilines is 1. The maximum Gasteiger partial charge on any atom is 0.341 e. The molecule has 0 aliphatic carbocycles. The summed E-state index contributed by atoms with van der Waals surface area (Å²) in [5, 5.41) is 1.76. The Kier molecular flexibility index (Phi) is 4.92. The Morgan fingerprint density at radius 2 is 1.96 bits per heavy atom. The van der Waals surface area contributed by atoms with E-state index in [1.54, 1.807) is 18.4 Å². The Hall–Kier alpha value is -2.52. The molecule has 3 aromatic rings. The van der Waals surface area contributed by atoms with E-state index >= 15 is 0 Å². The van der Waals surface area contributed by atoms with Crippen molar-refractivity contribution in [3.8, 4) is 0 Å². The molecule has 136 valence electrons. The fourth-order valence-electron chi connectivity index (χ4n) is 2.45. The number of benzene rings is 1. The Balaban J connectivity index is 2.19. The number of esters is 1. The van der Waals surface area contributed by atoms with Gasteiger partial charge in [-0.3, -0.25) is 9.29 Å². The number of rotatable bonds is 5. The van der Waals surface area contributed by atoms with Gasteiger partial charge in [0.05, 0.1) is 27.4 Å². The van der Waals surface area contributed by atoms with Gasteiger partial charge < -0.3 is 4.74 Å². The number of ether oxygens (including phenoxy) is 1. The van der Waals surface area contributed by atoms with Gasteiger partial charge in [0.2, 0.25) is 0 Å². The molecular weight excluding hydrogens is 379 g/mol. The number of pyridine rings is 1. The maximum absolute atomic E-state index is 13.1. The van der Waals surface area contributed by atoms with E-state index in [9.17, 15) is 17.6 Å². The van der Waals surface area contributed by atoms with Gasteiger partial charge in [-0.1, -0.05) is 0 Å². The molecule has 0 amide bonds. The molecule has 0 aliphatic rings. The monoisotopic (exact) mass is 394 g/mol. The highest BCUT2D eigenvalue weighted by molar-refractivity contribution is 7.92. The van der Waals surface area contributed by atoms with E-state index in [1.807, 2.05) is 0 Å². The molecule has 0 atom stereocenters. The number of hydrogen-bond donors (Lipinski definition) is 0. The van der Waals surface area contributed by atoms with Gasteiger partial charge >= 0.3 is 5.97 Å². The molecule has 0 unspecified atom stereocenters.